The van der Waals surface area contributed by atoms with Gasteiger partial charge in [-0.2, -0.15) is 0 Å². The highest BCUT2D eigenvalue weighted by molar-refractivity contribution is 5.93. The van der Waals surface area contributed by atoms with Crippen LogP contribution >= 0.6 is 12.4 Å². The molecule has 0 spiro atoms. The number of nitrogens with one attached hydrogen (secondary N) is 4. The van der Waals surface area contributed by atoms with Gasteiger partial charge < -0.3 is 36.0 Å². The second-order valence-electron chi connectivity index (χ2n) is 23.1. The Morgan fingerprint density at radius 1 is 0.564 bits per heavy atom. The van der Waals surface area contributed by atoms with Crippen molar-refractivity contribution >= 4 is 64.8 Å². The molecule has 78 heavy (non-hydrogen) atoms. The lowest BCUT2D eigenvalue weighted by molar-refractivity contribution is -0.141. The first-order valence-electron chi connectivity index (χ1n) is 28.3. The molecule has 3 aliphatic heterocycles. The zero-order chi connectivity index (χ0) is 54.8. The number of nitrogens with zero attached hydrogens (tertiary/aromatic N) is 2. The van der Waals surface area contributed by atoms with Gasteiger partial charge in [-0.05, 0) is 151 Å². The summed E-state index contributed by atoms with van der Waals surface area (Å²) in [5.74, 6) is 0.388. The molecular formula is C63H83ClN6O8. The van der Waals surface area contributed by atoms with E-state index in [1.807, 2.05) is 37.8 Å². The summed E-state index contributed by atoms with van der Waals surface area (Å²) in [5, 5.41) is 19.9. The number of aliphatic carboxylic acids is 1. The lowest BCUT2D eigenvalue weighted by atomic mass is 9.86. The second kappa shape index (κ2) is 27.1. The van der Waals surface area contributed by atoms with Crippen LogP contribution in [0.25, 0.3) is 16.7 Å². The Labute approximate surface area is 468 Å². The number of amides is 5. The largest absolute Gasteiger partial charge is 0.481 e. The maximum Gasteiger partial charge on any atom is 0.411 e. The number of rotatable bonds is 7. The normalized spacial score (nSPS) is 21.1. The minimum atomic E-state index is -0.632. The molecule has 3 heterocycles. The maximum atomic E-state index is 13.1. The Kier molecular flexibility index (Phi) is 20.6. The van der Waals surface area contributed by atoms with Gasteiger partial charge in [0.2, 0.25) is 23.6 Å². The van der Waals surface area contributed by atoms with E-state index in [4.69, 9.17) is 9.84 Å². The molecule has 0 aromatic heterocycles. The van der Waals surface area contributed by atoms with Crippen molar-refractivity contribution in [3.63, 3.8) is 0 Å². The number of ether oxygens (including phenoxy) is 1. The molecule has 0 bridgehead atoms. The zero-order valence-electron chi connectivity index (χ0n) is 46.8. The van der Waals surface area contributed by atoms with E-state index in [2.05, 4.69) is 81.9 Å². The molecule has 0 unspecified atom stereocenters. The van der Waals surface area contributed by atoms with Gasteiger partial charge >= 0.3 is 12.1 Å². The first-order valence-corrected chi connectivity index (χ1v) is 28.3. The summed E-state index contributed by atoms with van der Waals surface area (Å²) in [6.45, 7) is 7.38. The average Bonchev–Trinajstić information content (AvgIpc) is 4.30. The highest BCUT2D eigenvalue weighted by Gasteiger charge is 2.41. The SMILES string of the molecule is CNC(=O)[C@H]1CC2=C(CN1)Cc1ccccc12.CNC(=O)[C@H]1CC2=C(Cc3ccccc32)CN1C(=O)CC1CCCCC1.CNC(=O)[C@H]1CC2=C(Cc3ccccc32)CN1C(=O)OC(C)(C)C.Cl.O=C(O)CC1CCCCC1. The van der Waals surface area contributed by atoms with Crippen molar-refractivity contribution in [1.29, 1.82) is 0 Å². The van der Waals surface area contributed by atoms with Crippen molar-refractivity contribution in [2.24, 2.45) is 11.8 Å². The number of hydrogen-bond donors (Lipinski definition) is 5. The summed E-state index contributed by atoms with van der Waals surface area (Å²) >= 11 is 0. The molecule has 5 amide bonds. The first kappa shape index (κ1) is 59.4. The Morgan fingerprint density at radius 2 is 0.974 bits per heavy atom. The predicted octanol–water partition coefficient (Wildman–Crippen LogP) is 9.63. The minimum absolute atomic E-state index is 0. The molecule has 3 atom stereocenters. The monoisotopic (exact) mass is 1090 g/mol. The van der Waals surface area contributed by atoms with Gasteiger partial charge in [-0.15, -0.1) is 12.4 Å². The van der Waals surface area contributed by atoms with Gasteiger partial charge in [-0.25, -0.2) is 4.79 Å². The summed E-state index contributed by atoms with van der Waals surface area (Å²) in [5.41, 5.74) is 15.1. The molecule has 2 fully saturated rings. The molecule has 0 saturated heterocycles. The number of fused-ring (bicyclic) bond motifs is 6. The molecule has 15 heteroatoms. The number of hydrogen-bond acceptors (Lipinski definition) is 8. The van der Waals surface area contributed by atoms with Gasteiger partial charge in [-0.1, -0.05) is 111 Å². The fourth-order valence-electron chi connectivity index (χ4n) is 12.8. The third-order valence-corrected chi connectivity index (χ3v) is 16.7. The van der Waals surface area contributed by atoms with Crippen molar-refractivity contribution in [2.75, 3.05) is 40.8 Å². The van der Waals surface area contributed by atoms with E-state index in [1.165, 1.54) is 105 Å². The number of carboxylic acid groups (broad SMARTS) is 1. The maximum absolute atomic E-state index is 13.1. The van der Waals surface area contributed by atoms with Crippen LogP contribution in [0.4, 0.5) is 4.79 Å². The summed E-state index contributed by atoms with van der Waals surface area (Å²) in [6.07, 6.45) is 17.5. The molecule has 2 saturated carbocycles. The standard InChI is InChI=1S/C22H28N2O2.C19H24N2O3.C14H16N2O.C8H14O2.ClH/c1-23-22(26)20-13-19-17(12-16-9-5-6-10-18(16)19)14-24(20)21(25)11-15-7-3-2-4-8-15;1-19(2,3)24-18(23)21-11-13-9-12-7-5-6-8-14(12)15(13)10-16(21)17(22)20-4;1-15-14(17)13-7-12-10(8-16-13)6-9-4-2-3-5-11(9)12;9-8(10)6-7-4-2-1-3-5-7;/h5-6,9-10,15,20H,2-4,7-8,11-14H2,1H3,(H,23,26);5-8,16H,9-11H2,1-4H3,(H,20,22);2-5,13,16H,6-8H2,1H3,(H,15,17);7H,1-6H2,(H,9,10);1H/t20-;16-;13-;;/m111../s1. The molecule has 14 nitrogen and oxygen atoms in total. The van der Waals surface area contributed by atoms with E-state index in [9.17, 15) is 28.8 Å². The molecule has 8 aliphatic rings. The summed E-state index contributed by atoms with van der Waals surface area (Å²) in [4.78, 5) is 76.0. The molecule has 3 aromatic carbocycles. The van der Waals surface area contributed by atoms with E-state index in [-0.39, 0.29) is 48.1 Å². The summed E-state index contributed by atoms with van der Waals surface area (Å²) in [7, 11) is 4.96. The van der Waals surface area contributed by atoms with Crippen LogP contribution in [0, 0.1) is 11.8 Å². The first-order chi connectivity index (χ1) is 37.0. The summed E-state index contributed by atoms with van der Waals surface area (Å²) in [6, 6.07) is 24.2. The van der Waals surface area contributed by atoms with Crippen molar-refractivity contribution in [2.45, 2.75) is 160 Å². The number of likely N-dealkylation sites (N-methyl/N-ethyl adjacent to an activating group) is 3. The van der Waals surface area contributed by atoms with Crippen LogP contribution in [-0.2, 0) is 48.0 Å². The lowest BCUT2D eigenvalue weighted by Gasteiger charge is -2.37. The Morgan fingerprint density at radius 3 is 1.42 bits per heavy atom. The molecule has 420 valence electrons. The van der Waals surface area contributed by atoms with Gasteiger partial charge in [0.05, 0.1) is 6.04 Å². The van der Waals surface area contributed by atoms with Crippen LogP contribution in [0.15, 0.2) is 89.5 Å². The quantitative estimate of drug-likeness (QED) is 0.154. The number of carbonyl (C=O) groups is 6. The zero-order valence-corrected chi connectivity index (χ0v) is 47.6. The van der Waals surface area contributed by atoms with Gasteiger partial charge in [0.1, 0.15) is 17.7 Å². The highest BCUT2D eigenvalue weighted by Crippen LogP contribution is 2.43. The molecule has 0 radical (unpaired) electrons. The smallest absolute Gasteiger partial charge is 0.411 e. The second-order valence-corrected chi connectivity index (χ2v) is 23.1. The third kappa shape index (κ3) is 14.5. The lowest BCUT2D eigenvalue weighted by Crippen LogP contribution is -2.52. The molecule has 5 N–H and O–H groups in total. The van der Waals surface area contributed by atoms with E-state index in [0.717, 1.165) is 57.9 Å². The third-order valence-electron chi connectivity index (χ3n) is 16.7. The molecule has 11 rings (SSSR count). The van der Waals surface area contributed by atoms with Gasteiger partial charge in [0, 0.05) is 66.5 Å². The van der Waals surface area contributed by atoms with Crippen LogP contribution in [-0.4, -0.2) is 115 Å². The van der Waals surface area contributed by atoms with Crippen LogP contribution in [0.5, 0.6) is 0 Å². The van der Waals surface area contributed by atoms with Crippen LogP contribution < -0.4 is 21.3 Å². The molecular weight excluding hydrogens is 1000 g/mol. The highest BCUT2D eigenvalue weighted by atomic mass is 35.5. The number of carbonyl (C=O) groups excluding carboxylic acids is 5. The van der Waals surface area contributed by atoms with E-state index < -0.39 is 23.7 Å². The van der Waals surface area contributed by atoms with E-state index in [1.54, 1.807) is 26.0 Å². The van der Waals surface area contributed by atoms with Crippen molar-refractivity contribution in [3.8, 4) is 0 Å². The predicted molar refractivity (Wildman–Crippen MR) is 309 cm³/mol. The van der Waals surface area contributed by atoms with Crippen LogP contribution in [0.2, 0.25) is 0 Å². The van der Waals surface area contributed by atoms with Crippen molar-refractivity contribution in [3.05, 3.63) is 123 Å². The topological polar surface area (TPSA) is 186 Å². The number of benzene rings is 3. The van der Waals surface area contributed by atoms with E-state index >= 15 is 0 Å². The van der Waals surface area contributed by atoms with Gasteiger partial charge in [-0.3, -0.25) is 28.9 Å². The number of halogens is 1. The average molecular weight is 1090 g/mol. The molecule has 3 aromatic rings. The minimum Gasteiger partial charge on any atom is -0.481 e. The van der Waals surface area contributed by atoms with Crippen molar-refractivity contribution < 1.29 is 38.6 Å². The molecule has 5 aliphatic carbocycles. The Hall–Kier alpha value is -6.25. The number of carboxylic acids is 1. The van der Waals surface area contributed by atoms with E-state index in [0.29, 0.717) is 50.6 Å². The van der Waals surface area contributed by atoms with Crippen LogP contribution in [0.1, 0.15) is 150 Å². The van der Waals surface area contributed by atoms with Gasteiger partial charge in [0.15, 0.2) is 0 Å². The van der Waals surface area contributed by atoms with Gasteiger partial charge in [0.25, 0.3) is 0 Å². The van der Waals surface area contributed by atoms with Crippen LogP contribution in [0.3, 0.4) is 0 Å². The van der Waals surface area contributed by atoms with Crippen molar-refractivity contribution in [1.82, 2.24) is 31.1 Å². The summed E-state index contributed by atoms with van der Waals surface area (Å²) < 4.78 is 5.51. The Bertz CT molecular complexity index is 2780. The fraction of sp³-hybridized carbons (Fsp3) is 0.524. The Balaban J connectivity index is 0.000000157. The fourth-order valence-corrected chi connectivity index (χ4v) is 12.8.